The lowest BCUT2D eigenvalue weighted by Gasteiger charge is -2.12. The number of carbonyl (C=O) groups is 1. The molecule has 0 unspecified atom stereocenters. The van der Waals surface area contributed by atoms with E-state index in [2.05, 4.69) is 39.5 Å². The third-order valence-electron chi connectivity index (χ3n) is 3.20. The van der Waals surface area contributed by atoms with Crippen LogP contribution in [0.25, 0.3) is 0 Å². The van der Waals surface area contributed by atoms with Crippen molar-refractivity contribution in [2.45, 2.75) is 26.3 Å². The van der Waals surface area contributed by atoms with E-state index >= 15 is 0 Å². The maximum Gasteiger partial charge on any atom is 0.220 e. The van der Waals surface area contributed by atoms with Crippen molar-refractivity contribution in [1.82, 2.24) is 10.3 Å². The number of aryl methyl sites for hydroxylation is 2. The molecule has 0 fully saturated rings. The van der Waals surface area contributed by atoms with Crippen molar-refractivity contribution < 1.29 is 4.79 Å². The van der Waals surface area contributed by atoms with Crippen molar-refractivity contribution in [3.05, 3.63) is 45.9 Å². The molecule has 0 saturated heterocycles. The Bertz CT molecular complexity index is 590. The molecular weight excluding hydrogens is 282 g/mol. The molecule has 1 heterocycles. The number of hydrogen-bond acceptors (Lipinski definition) is 4. The highest BCUT2D eigenvalue weighted by Crippen LogP contribution is 2.13. The molecule has 4 nitrogen and oxygen atoms in total. The maximum absolute atomic E-state index is 11.8. The predicted molar refractivity (Wildman–Crippen MR) is 87.8 cm³/mol. The Morgan fingerprint density at radius 1 is 1.29 bits per heavy atom. The number of thiazole rings is 1. The van der Waals surface area contributed by atoms with E-state index in [-0.39, 0.29) is 5.91 Å². The van der Waals surface area contributed by atoms with Crippen LogP contribution < -0.4 is 10.2 Å². The number of nitrogens with one attached hydrogen (secondary N) is 1. The minimum atomic E-state index is 0.0690. The first-order valence-electron chi connectivity index (χ1n) is 6.98. The number of nitrogens with zero attached hydrogens (tertiary/aromatic N) is 2. The van der Waals surface area contributed by atoms with Gasteiger partial charge in [0.15, 0.2) is 0 Å². The van der Waals surface area contributed by atoms with Crippen molar-refractivity contribution in [3.63, 3.8) is 0 Å². The van der Waals surface area contributed by atoms with Crippen LogP contribution in [0.5, 0.6) is 0 Å². The van der Waals surface area contributed by atoms with Crippen LogP contribution in [0.15, 0.2) is 29.6 Å². The first-order chi connectivity index (χ1) is 10.0. The fourth-order valence-electron chi connectivity index (χ4n) is 1.97. The highest BCUT2D eigenvalue weighted by molar-refractivity contribution is 7.09. The van der Waals surface area contributed by atoms with Gasteiger partial charge in [0.25, 0.3) is 0 Å². The predicted octanol–water partition coefficient (Wildman–Crippen LogP) is 2.77. The fourth-order valence-corrected chi connectivity index (χ4v) is 2.68. The van der Waals surface area contributed by atoms with Gasteiger partial charge in [-0.1, -0.05) is 12.1 Å². The van der Waals surface area contributed by atoms with Gasteiger partial charge in [-0.15, -0.1) is 11.3 Å². The Labute approximate surface area is 129 Å². The smallest absolute Gasteiger partial charge is 0.220 e. The molecule has 0 aliphatic heterocycles. The number of hydrogen-bond donors (Lipinski definition) is 1. The lowest BCUT2D eigenvalue weighted by atomic mass is 10.1. The van der Waals surface area contributed by atoms with E-state index in [1.165, 1.54) is 11.3 Å². The van der Waals surface area contributed by atoms with E-state index in [1.807, 2.05) is 26.4 Å². The molecule has 0 radical (unpaired) electrons. The average Bonchev–Trinajstić information content (AvgIpc) is 2.89. The molecule has 0 saturated carbocycles. The summed E-state index contributed by atoms with van der Waals surface area (Å²) in [5.74, 6) is 0.0690. The zero-order valence-electron chi connectivity index (χ0n) is 12.7. The topological polar surface area (TPSA) is 45.2 Å². The first kappa shape index (κ1) is 15.5. The highest BCUT2D eigenvalue weighted by Gasteiger charge is 2.05. The second-order valence-electron chi connectivity index (χ2n) is 5.22. The Morgan fingerprint density at radius 3 is 2.57 bits per heavy atom. The zero-order valence-corrected chi connectivity index (χ0v) is 13.5. The first-order valence-corrected chi connectivity index (χ1v) is 7.86. The minimum absolute atomic E-state index is 0.0690. The van der Waals surface area contributed by atoms with Crippen molar-refractivity contribution in [1.29, 1.82) is 0 Å². The number of anilines is 1. The van der Waals surface area contributed by atoms with Crippen molar-refractivity contribution in [2.24, 2.45) is 0 Å². The zero-order chi connectivity index (χ0) is 15.2. The quantitative estimate of drug-likeness (QED) is 0.892. The van der Waals surface area contributed by atoms with Crippen molar-refractivity contribution in [2.75, 3.05) is 19.0 Å². The normalized spacial score (nSPS) is 10.4. The molecule has 0 spiro atoms. The molecule has 0 aliphatic rings. The Kier molecular flexibility index (Phi) is 5.33. The SMILES string of the molecule is Cc1csc(CNC(=O)CCc2ccc(N(C)C)cc2)n1. The Morgan fingerprint density at radius 2 is 2.00 bits per heavy atom. The van der Waals surface area contributed by atoms with Gasteiger partial charge in [-0.05, 0) is 31.0 Å². The number of benzene rings is 1. The standard InChI is InChI=1S/C16H21N3OS/c1-12-11-21-16(18-12)10-17-15(20)9-6-13-4-7-14(8-5-13)19(2)3/h4-5,7-8,11H,6,9-10H2,1-3H3,(H,17,20). The summed E-state index contributed by atoms with van der Waals surface area (Å²) in [5, 5.41) is 5.86. The van der Waals surface area contributed by atoms with Crippen LogP contribution in [0.3, 0.4) is 0 Å². The molecular formula is C16H21N3OS. The maximum atomic E-state index is 11.8. The van der Waals surface area contributed by atoms with Crippen LogP contribution in [-0.2, 0) is 17.8 Å². The van der Waals surface area contributed by atoms with Gasteiger partial charge < -0.3 is 10.2 Å². The molecule has 112 valence electrons. The number of rotatable bonds is 6. The third kappa shape index (κ3) is 4.86. The van der Waals surface area contributed by atoms with E-state index in [0.29, 0.717) is 13.0 Å². The van der Waals surface area contributed by atoms with Crippen LogP contribution in [0.2, 0.25) is 0 Å². The third-order valence-corrected chi connectivity index (χ3v) is 4.16. The lowest BCUT2D eigenvalue weighted by Crippen LogP contribution is -2.22. The summed E-state index contributed by atoms with van der Waals surface area (Å²) in [6.45, 7) is 2.48. The monoisotopic (exact) mass is 303 g/mol. The summed E-state index contributed by atoms with van der Waals surface area (Å²) < 4.78 is 0. The van der Waals surface area contributed by atoms with E-state index in [0.717, 1.165) is 17.1 Å². The van der Waals surface area contributed by atoms with Gasteiger partial charge >= 0.3 is 0 Å². The van der Waals surface area contributed by atoms with E-state index in [1.54, 1.807) is 11.3 Å². The molecule has 1 amide bonds. The van der Waals surface area contributed by atoms with Gasteiger partial charge in [0.05, 0.1) is 6.54 Å². The molecule has 1 aromatic heterocycles. The summed E-state index contributed by atoms with van der Waals surface area (Å²) in [4.78, 5) is 18.2. The number of carbonyl (C=O) groups excluding carboxylic acids is 1. The average molecular weight is 303 g/mol. The van der Waals surface area contributed by atoms with Crippen molar-refractivity contribution in [3.8, 4) is 0 Å². The summed E-state index contributed by atoms with van der Waals surface area (Å²) >= 11 is 1.58. The van der Waals surface area contributed by atoms with Crippen LogP contribution in [0, 0.1) is 6.92 Å². The van der Waals surface area contributed by atoms with Crippen LogP contribution in [-0.4, -0.2) is 25.0 Å². The molecule has 2 aromatic rings. The number of aromatic nitrogens is 1. The fraction of sp³-hybridized carbons (Fsp3) is 0.375. The van der Waals surface area contributed by atoms with E-state index in [9.17, 15) is 4.79 Å². The van der Waals surface area contributed by atoms with Gasteiger partial charge in [-0.2, -0.15) is 0 Å². The van der Waals surface area contributed by atoms with Gasteiger partial charge in [0, 0.05) is 37.3 Å². The summed E-state index contributed by atoms with van der Waals surface area (Å²) in [6.07, 6.45) is 1.27. The minimum Gasteiger partial charge on any atom is -0.378 e. The molecule has 2 rings (SSSR count). The van der Waals surface area contributed by atoms with Crippen LogP contribution in [0.1, 0.15) is 22.7 Å². The Hall–Kier alpha value is -1.88. The number of amides is 1. The van der Waals surface area contributed by atoms with E-state index in [4.69, 9.17) is 0 Å². The molecule has 21 heavy (non-hydrogen) atoms. The van der Waals surface area contributed by atoms with Gasteiger partial charge in [-0.25, -0.2) is 4.98 Å². The molecule has 1 N–H and O–H groups in total. The molecule has 1 aromatic carbocycles. The van der Waals surface area contributed by atoms with Gasteiger partial charge in [0.2, 0.25) is 5.91 Å². The summed E-state index contributed by atoms with van der Waals surface area (Å²) in [5.41, 5.74) is 3.36. The molecule has 0 aliphatic carbocycles. The Balaban J connectivity index is 1.75. The molecule has 5 heteroatoms. The van der Waals surface area contributed by atoms with Crippen LogP contribution >= 0.6 is 11.3 Å². The summed E-state index contributed by atoms with van der Waals surface area (Å²) in [6, 6.07) is 8.30. The molecule has 0 atom stereocenters. The largest absolute Gasteiger partial charge is 0.378 e. The van der Waals surface area contributed by atoms with Gasteiger partial charge in [-0.3, -0.25) is 4.79 Å². The summed E-state index contributed by atoms with van der Waals surface area (Å²) in [7, 11) is 4.03. The van der Waals surface area contributed by atoms with Crippen molar-refractivity contribution >= 4 is 22.9 Å². The molecule has 0 bridgehead atoms. The van der Waals surface area contributed by atoms with Gasteiger partial charge in [0.1, 0.15) is 5.01 Å². The second kappa shape index (κ2) is 7.22. The highest BCUT2D eigenvalue weighted by atomic mass is 32.1. The van der Waals surface area contributed by atoms with Crippen LogP contribution in [0.4, 0.5) is 5.69 Å². The lowest BCUT2D eigenvalue weighted by molar-refractivity contribution is -0.121. The van der Waals surface area contributed by atoms with E-state index < -0.39 is 0 Å². The second-order valence-corrected chi connectivity index (χ2v) is 6.16.